The van der Waals surface area contributed by atoms with E-state index in [0.717, 1.165) is 25.5 Å². The minimum Gasteiger partial charge on any atom is -0.459 e. The second-order valence-corrected chi connectivity index (χ2v) is 8.21. The number of esters is 1. The van der Waals surface area contributed by atoms with Crippen molar-refractivity contribution in [2.75, 3.05) is 7.11 Å². The molecule has 1 rings (SSSR count). The number of ether oxygens (including phenoxy) is 2. The van der Waals surface area contributed by atoms with Crippen molar-refractivity contribution in [1.29, 1.82) is 0 Å². The number of carbonyl (C=O) groups is 2. The van der Waals surface area contributed by atoms with E-state index in [-0.39, 0.29) is 12.1 Å². The standard InChI is InChI=1S/C26H42O4/c1-3-4-5-6-7-8-9-10-11-12-16-19-24(20-21-25(22-27)29-2)30-26(28)23-17-14-13-15-18-23/h13-15,17-18,22,24-25H,3-12,16,19-21H2,1-2H3. The average molecular weight is 419 g/mol. The van der Waals surface area contributed by atoms with Crippen LogP contribution in [0.1, 0.15) is 107 Å². The largest absolute Gasteiger partial charge is 0.459 e. The zero-order valence-electron chi connectivity index (χ0n) is 19.2. The van der Waals surface area contributed by atoms with Gasteiger partial charge in [0, 0.05) is 7.11 Å². The normalized spacial score (nSPS) is 13.0. The van der Waals surface area contributed by atoms with Crippen LogP contribution >= 0.6 is 0 Å². The molecular weight excluding hydrogens is 376 g/mol. The minimum atomic E-state index is -0.430. The molecule has 1 aromatic rings. The van der Waals surface area contributed by atoms with E-state index in [0.29, 0.717) is 18.4 Å². The highest BCUT2D eigenvalue weighted by molar-refractivity contribution is 5.89. The highest BCUT2D eigenvalue weighted by Gasteiger charge is 2.18. The first-order valence-electron chi connectivity index (χ1n) is 11.9. The maximum absolute atomic E-state index is 12.4. The van der Waals surface area contributed by atoms with Crippen molar-refractivity contribution in [3.63, 3.8) is 0 Å². The topological polar surface area (TPSA) is 52.6 Å². The number of unbranched alkanes of at least 4 members (excludes halogenated alkanes) is 10. The fraction of sp³-hybridized carbons (Fsp3) is 0.692. The number of rotatable bonds is 19. The van der Waals surface area contributed by atoms with Crippen LogP contribution in [0.3, 0.4) is 0 Å². The minimum absolute atomic E-state index is 0.172. The molecule has 0 spiro atoms. The molecule has 2 unspecified atom stereocenters. The molecule has 0 aromatic heterocycles. The van der Waals surface area contributed by atoms with Gasteiger partial charge >= 0.3 is 5.97 Å². The van der Waals surface area contributed by atoms with Crippen LogP contribution in [0.2, 0.25) is 0 Å². The zero-order chi connectivity index (χ0) is 21.9. The van der Waals surface area contributed by atoms with Crippen molar-refractivity contribution in [1.82, 2.24) is 0 Å². The van der Waals surface area contributed by atoms with E-state index in [9.17, 15) is 9.59 Å². The third-order valence-corrected chi connectivity index (χ3v) is 5.64. The van der Waals surface area contributed by atoms with Gasteiger partial charge in [-0.05, 0) is 37.8 Å². The molecule has 0 radical (unpaired) electrons. The van der Waals surface area contributed by atoms with Crippen molar-refractivity contribution in [2.24, 2.45) is 0 Å². The second-order valence-electron chi connectivity index (χ2n) is 8.21. The highest BCUT2D eigenvalue weighted by atomic mass is 16.5. The van der Waals surface area contributed by atoms with Crippen LogP contribution in [0.5, 0.6) is 0 Å². The summed E-state index contributed by atoms with van der Waals surface area (Å²) in [5.41, 5.74) is 0.570. The summed E-state index contributed by atoms with van der Waals surface area (Å²) >= 11 is 0. The van der Waals surface area contributed by atoms with Gasteiger partial charge in [0.2, 0.25) is 0 Å². The van der Waals surface area contributed by atoms with Crippen LogP contribution in [-0.2, 0) is 14.3 Å². The Morgan fingerprint density at radius 3 is 1.93 bits per heavy atom. The summed E-state index contributed by atoms with van der Waals surface area (Å²) in [4.78, 5) is 23.4. The Bertz CT molecular complexity index is 543. The lowest BCUT2D eigenvalue weighted by Crippen LogP contribution is -2.22. The van der Waals surface area contributed by atoms with Gasteiger partial charge in [-0.3, -0.25) is 0 Å². The lowest BCUT2D eigenvalue weighted by Gasteiger charge is -2.19. The molecule has 4 nitrogen and oxygen atoms in total. The Morgan fingerprint density at radius 1 is 0.833 bits per heavy atom. The Kier molecular flexibility index (Phi) is 15.9. The Hall–Kier alpha value is -1.68. The second kappa shape index (κ2) is 18.1. The fourth-order valence-corrected chi connectivity index (χ4v) is 3.68. The van der Waals surface area contributed by atoms with Gasteiger partial charge in [-0.1, -0.05) is 89.3 Å². The molecule has 170 valence electrons. The Balaban J connectivity index is 2.28. The summed E-state index contributed by atoms with van der Waals surface area (Å²) < 4.78 is 10.9. The molecule has 0 heterocycles. The van der Waals surface area contributed by atoms with Crippen molar-refractivity contribution >= 4 is 12.3 Å². The predicted molar refractivity (Wildman–Crippen MR) is 123 cm³/mol. The molecule has 0 bridgehead atoms. The average Bonchev–Trinajstić information content (AvgIpc) is 2.78. The van der Waals surface area contributed by atoms with Gasteiger partial charge in [-0.25, -0.2) is 4.79 Å². The van der Waals surface area contributed by atoms with Crippen molar-refractivity contribution in [2.45, 2.75) is 109 Å². The van der Waals surface area contributed by atoms with Crippen LogP contribution < -0.4 is 0 Å². The molecule has 0 fully saturated rings. The quantitative estimate of drug-likeness (QED) is 0.139. The third-order valence-electron chi connectivity index (χ3n) is 5.64. The number of carbonyl (C=O) groups excluding carboxylic acids is 2. The van der Waals surface area contributed by atoms with E-state index >= 15 is 0 Å². The molecule has 0 saturated carbocycles. The van der Waals surface area contributed by atoms with Gasteiger partial charge in [0.05, 0.1) is 5.56 Å². The van der Waals surface area contributed by atoms with Gasteiger partial charge in [-0.15, -0.1) is 0 Å². The van der Waals surface area contributed by atoms with E-state index in [4.69, 9.17) is 9.47 Å². The predicted octanol–water partition coefficient (Wildman–Crippen LogP) is 6.91. The molecular formula is C26H42O4. The van der Waals surface area contributed by atoms with Gasteiger partial charge in [0.1, 0.15) is 18.5 Å². The number of aldehydes is 1. The SMILES string of the molecule is CCCCCCCCCCCCCC(CCC(C=O)OC)OC(=O)c1ccccc1. The highest BCUT2D eigenvalue weighted by Crippen LogP contribution is 2.18. The molecule has 1 aromatic carbocycles. The first-order valence-corrected chi connectivity index (χ1v) is 11.9. The summed E-state index contributed by atoms with van der Waals surface area (Å²) in [6.07, 6.45) is 16.5. The van der Waals surface area contributed by atoms with Gasteiger partial charge in [0.25, 0.3) is 0 Å². The van der Waals surface area contributed by atoms with E-state index in [2.05, 4.69) is 6.92 Å². The third kappa shape index (κ3) is 12.8. The fourth-order valence-electron chi connectivity index (χ4n) is 3.68. The Labute approximate surface area is 183 Å². The number of benzene rings is 1. The van der Waals surface area contributed by atoms with Crippen LogP contribution in [0.4, 0.5) is 0 Å². The molecule has 0 amide bonds. The van der Waals surface area contributed by atoms with Gasteiger partial charge in [-0.2, -0.15) is 0 Å². The van der Waals surface area contributed by atoms with Crippen molar-refractivity contribution < 1.29 is 19.1 Å². The summed E-state index contributed by atoms with van der Waals surface area (Å²) in [6.45, 7) is 2.26. The van der Waals surface area contributed by atoms with Crippen LogP contribution in [0.25, 0.3) is 0 Å². The maximum Gasteiger partial charge on any atom is 0.338 e. The van der Waals surface area contributed by atoms with Crippen molar-refractivity contribution in [3.8, 4) is 0 Å². The van der Waals surface area contributed by atoms with Crippen LogP contribution in [-0.4, -0.2) is 31.6 Å². The number of hydrogen-bond acceptors (Lipinski definition) is 4. The Morgan fingerprint density at radius 2 is 1.40 bits per heavy atom. The molecule has 0 saturated heterocycles. The number of hydrogen-bond donors (Lipinski definition) is 0. The van der Waals surface area contributed by atoms with Gasteiger partial charge in [0.15, 0.2) is 0 Å². The smallest absolute Gasteiger partial charge is 0.338 e. The van der Waals surface area contributed by atoms with E-state index < -0.39 is 6.10 Å². The summed E-state index contributed by atoms with van der Waals surface area (Å²) in [5.74, 6) is -0.288. The molecule has 0 aliphatic heterocycles. The van der Waals surface area contributed by atoms with E-state index in [1.165, 1.54) is 64.9 Å². The lowest BCUT2D eigenvalue weighted by atomic mass is 10.0. The van der Waals surface area contributed by atoms with Crippen molar-refractivity contribution in [3.05, 3.63) is 35.9 Å². The molecule has 0 aliphatic carbocycles. The molecule has 4 heteroatoms. The number of methoxy groups -OCH3 is 1. The van der Waals surface area contributed by atoms with Crippen LogP contribution in [0, 0.1) is 0 Å². The monoisotopic (exact) mass is 418 g/mol. The first kappa shape index (κ1) is 26.4. The molecule has 0 N–H and O–H groups in total. The van der Waals surface area contributed by atoms with Crippen LogP contribution in [0.15, 0.2) is 30.3 Å². The maximum atomic E-state index is 12.4. The summed E-state index contributed by atoms with van der Waals surface area (Å²) in [7, 11) is 1.54. The van der Waals surface area contributed by atoms with E-state index in [1.807, 2.05) is 18.2 Å². The summed E-state index contributed by atoms with van der Waals surface area (Å²) in [6, 6.07) is 9.09. The van der Waals surface area contributed by atoms with Gasteiger partial charge < -0.3 is 14.3 Å². The summed E-state index contributed by atoms with van der Waals surface area (Å²) in [5, 5.41) is 0. The molecule has 30 heavy (non-hydrogen) atoms. The molecule has 2 atom stereocenters. The lowest BCUT2D eigenvalue weighted by molar-refractivity contribution is -0.117. The molecule has 0 aliphatic rings. The first-order chi connectivity index (χ1) is 14.7. The zero-order valence-corrected chi connectivity index (χ0v) is 19.2. The van der Waals surface area contributed by atoms with E-state index in [1.54, 1.807) is 12.1 Å².